The fourth-order valence-electron chi connectivity index (χ4n) is 2.35. The molecule has 0 amide bonds. The maximum absolute atomic E-state index is 14.2. The van der Waals surface area contributed by atoms with Gasteiger partial charge in [0.1, 0.15) is 5.82 Å². The number of hydrogen-bond donors (Lipinski definition) is 1. The van der Waals surface area contributed by atoms with Crippen molar-refractivity contribution in [1.29, 1.82) is 0 Å². The molecule has 0 bridgehead atoms. The molecule has 1 atom stereocenters. The molecule has 0 fully saturated rings. The molecule has 0 aliphatic heterocycles. The Hall–Kier alpha value is -1.48. The number of fused-ring (bicyclic) bond motifs is 2. The minimum atomic E-state index is -0.608. The van der Waals surface area contributed by atoms with Crippen LogP contribution in [0.3, 0.4) is 0 Å². The highest BCUT2D eigenvalue weighted by Crippen LogP contribution is 2.32. The lowest BCUT2D eigenvalue weighted by atomic mass is 9.92. The number of aliphatic hydroxyl groups is 1. The summed E-state index contributed by atoms with van der Waals surface area (Å²) in [6.45, 7) is 0. The van der Waals surface area contributed by atoms with E-state index in [1.807, 2.05) is 6.07 Å². The molecule has 1 N–H and O–H groups in total. The molecule has 0 saturated carbocycles. The molecule has 0 spiro atoms. The number of nitrogens with zero attached hydrogens (tertiary/aromatic N) is 1. The van der Waals surface area contributed by atoms with Gasteiger partial charge in [0.25, 0.3) is 0 Å². The predicted molar refractivity (Wildman–Crippen MR) is 59.6 cm³/mol. The van der Waals surface area contributed by atoms with E-state index in [0.717, 1.165) is 6.42 Å². The maximum atomic E-state index is 14.2. The maximum Gasteiger partial charge on any atom is 0.137 e. The molecule has 1 heterocycles. The van der Waals surface area contributed by atoms with Gasteiger partial charge in [-0.2, -0.15) is 0 Å². The lowest BCUT2D eigenvalue weighted by Crippen LogP contribution is -2.13. The monoisotopic (exact) mass is 217 g/mol. The highest BCUT2D eigenvalue weighted by Gasteiger charge is 2.24. The Balaban J connectivity index is 2.36. The zero-order valence-corrected chi connectivity index (χ0v) is 8.78. The van der Waals surface area contributed by atoms with E-state index in [9.17, 15) is 9.50 Å². The van der Waals surface area contributed by atoms with Crippen LogP contribution in [0.2, 0.25) is 0 Å². The van der Waals surface area contributed by atoms with Crippen molar-refractivity contribution in [2.24, 2.45) is 0 Å². The number of aliphatic hydroxyl groups excluding tert-OH is 1. The third-order valence-corrected chi connectivity index (χ3v) is 3.18. The van der Waals surface area contributed by atoms with Gasteiger partial charge in [0.05, 0.1) is 17.3 Å². The Bertz CT molecular complexity index is 553. The van der Waals surface area contributed by atoms with Crippen LogP contribution in [0.5, 0.6) is 0 Å². The molecule has 3 heteroatoms. The first-order valence-electron chi connectivity index (χ1n) is 5.52. The Morgan fingerprint density at radius 3 is 3.00 bits per heavy atom. The van der Waals surface area contributed by atoms with Gasteiger partial charge in [0, 0.05) is 10.9 Å². The van der Waals surface area contributed by atoms with Crippen LogP contribution in [-0.2, 0) is 6.42 Å². The van der Waals surface area contributed by atoms with Crippen LogP contribution in [0.25, 0.3) is 10.9 Å². The summed E-state index contributed by atoms with van der Waals surface area (Å²) in [6.07, 6.45) is 1.57. The van der Waals surface area contributed by atoms with Gasteiger partial charge in [0.15, 0.2) is 0 Å². The third kappa shape index (κ3) is 1.32. The number of benzene rings is 1. The Morgan fingerprint density at radius 2 is 2.12 bits per heavy atom. The largest absolute Gasteiger partial charge is 0.387 e. The first-order valence-corrected chi connectivity index (χ1v) is 5.52. The summed E-state index contributed by atoms with van der Waals surface area (Å²) in [4.78, 5) is 4.37. The van der Waals surface area contributed by atoms with Crippen molar-refractivity contribution in [3.05, 3.63) is 41.3 Å². The second kappa shape index (κ2) is 3.52. The number of rotatable bonds is 0. The molecular weight excluding hydrogens is 205 g/mol. The van der Waals surface area contributed by atoms with Gasteiger partial charge in [-0.1, -0.05) is 12.1 Å². The number of halogens is 1. The van der Waals surface area contributed by atoms with Crippen molar-refractivity contribution in [3.63, 3.8) is 0 Å². The summed E-state index contributed by atoms with van der Waals surface area (Å²) in [7, 11) is 0. The summed E-state index contributed by atoms with van der Waals surface area (Å²) >= 11 is 0. The number of hydrogen-bond acceptors (Lipinski definition) is 2. The highest BCUT2D eigenvalue weighted by molar-refractivity contribution is 5.80. The van der Waals surface area contributed by atoms with Crippen LogP contribution < -0.4 is 0 Å². The molecule has 82 valence electrons. The van der Waals surface area contributed by atoms with Gasteiger partial charge in [-0.05, 0) is 31.4 Å². The van der Waals surface area contributed by atoms with Gasteiger partial charge in [0.2, 0.25) is 0 Å². The summed E-state index contributed by atoms with van der Waals surface area (Å²) in [5.74, 6) is -0.209. The fourth-order valence-corrected chi connectivity index (χ4v) is 2.35. The van der Waals surface area contributed by atoms with Crippen LogP contribution >= 0.6 is 0 Å². The number of aromatic nitrogens is 1. The number of pyridine rings is 1. The zero-order chi connectivity index (χ0) is 11.1. The van der Waals surface area contributed by atoms with Crippen LogP contribution in [-0.4, -0.2) is 10.1 Å². The van der Waals surface area contributed by atoms with E-state index in [-0.39, 0.29) is 5.82 Å². The summed E-state index contributed by atoms with van der Waals surface area (Å²) < 4.78 is 14.2. The minimum Gasteiger partial charge on any atom is -0.387 e. The van der Waals surface area contributed by atoms with E-state index < -0.39 is 6.10 Å². The molecule has 1 aromatic carbocycles. The van der Waals surface area contributed by atoms with Crippen molar-refractivity contribution in [2.45, 2.75) is 25.4 Å². The normalized spacial score (nSPS) is 19.8. The van der Waals surface area contributed by atoms with Gasteiger partial charge in [-0.25, -0.2) is 9.37 Å². The van der Waals surface area contributed by atoms with Crippen molar-refractivity contribution in [2.75, 3.05) is 0 Å². The van der Waals surface area contributed by atoms with Crippen molar-refractivity contribution < 1.29 is 9.50 Å². The Morgan fingerprint density at radius 1 is 1.31 bits per heavy atom. The quantitative estimate of drug-likeness (QED) is 0.736. The summed E-state index contributed by atoms with van der Waals surface area (Å²) in [6, 6.07) is 7.15. The SMILES string of the molecule is OC1CCCc2c1nc1ccccc1c2F. The molecule has 1 aliphatic rings. The average molecular weight is 217 g/mol. The summed E-state index contributed by atoms with van der Waals surface area (Å²) in [5.41, 5.74) is 1.75. The van der Waals surface area contributed by atoms with E-state index in [1.54, 1.807) is 18.2 Å². The minimum absolute atomic E-state index is 0.209. The Kier molecular flexibility index (Phi) is 2.14. The molecule has 0 radical (unpaired) electrons. The van der Waals surface area contributed by atoms with Crippen molar-refractivity contribution in [3.8, 4) is 0 Å². The third-order valence-electron chi connectivity index (χ3n) is 3.18. The first-order chi connectivity index (χ1) is 7.77. The molecule has 2 nitrogen and oxygen atoms in total. The van der Waals surface area contributed by atoms with E-state index >= 15 is 0 Å². The lowest BCUT2D eigenvalue weighted by Gasteiger charge is -2.21. The molecule has 3 rings (SSSR count). The van der Waals surface area contributed by atoms with Crippen molar-refractivity contribution >= 4 is 10.9 Å². The number of para-hydroxylation sites is 1. The van der Waals surface area contributed by atoms with Gasteiger partial charge in [-0.15, -0.1) is 0 Å². The molecule has 0 saturated heterocycles. The van der Waals surface area contributed by atoms with Gasteiger partial charge < -0.3 is 5.11 Å². The second-order valence-corrected chi connectivity index (χ2v) is 4.21. The van der Waals surface area contributed by atoms with Gasteiger partial charge in [-0.3, -0.25) is 0 Å². The molecule has 1 aromatic heterocycles. The van der Waals surface area contributed by atoms with E-state index in [4.69, 9.17) is 0 Å². The summed E-state index contributed by atoms with van der Waals surface area (Å²) in [5, 5.41) is 10.4. The van der Waals surface area contributed by atoms with Crippen LogP contribution in [0.4, 0.5) is 4.39 Å². The second-order valence-electron chi connectivity index (χ2n) is 4.21. The molecule has 2 aromatic rings. The van der Waals surface area contributed by atoms with Crippen LogP contribution in [0.15, 0.2) is 24.3 Å². The zero-order valence-electron chi connectivity index (χ0n) is 8.78. The standard InChI is InChI=1S/C13H12FNO/c14-12-8-4-1-2-6-10(8)15-13-9(12)5-3-7-11(13)16/h1-2,4,6,11,16H,3,5,7H2. The van der Waals surface area contributed by atoms with E-state index in [0.29, 0.717) is 35.0 Å². The van der Waals surface area contributed by atoms with Crippen LogP contribution in [0, 0.1) is 5.82 Å². The smallest absolute Gasteiger partial charge is 0.137 e. The van der Waals surface area contributed by atoms with E-state index in [2.05, 4.69) is 4.98 Å². The highest BCUT2D eigenvalue weighted by atomic mass is 19.1. The fraction of sp³-hybridized carbons (Fsp3) is 0.308. The molecule has 1 unspecified atom stereocenters. The van der Waals surface area contributed by atoms with Crippen LogP contribution in [0.1, 0.15) is 30.2 Å². The first kappa shape index (κ1) is 9.73. The molecule has 16 heavy (non-hydrogen) atoms. The topological polar surface area (TPSA) is 33.1 Å². The Labute approximate surface area is 92.7 Å². The predicted octanol–water partition coefficient (Wildman–Crippen LogP) is 2.74. The lowest BCUT2D eigenvalue weighted by molar-refractivity contribution is 0.151. The van der Waals surface area contributed by atoms with E-state index in [1.165, 1.54) is 0 Å². The molecule has 1 aliphatic carbocycles. The van der Waals surface area contributed by atoms with Gasteiger partial charge >= 0.3 is 0 Å². The van der Waals surface area contributed by atoms with Crippen molar-refractivity contribution in [1.82, 2.24) is 4.98 Å². The molecular formula is C13H12FNO. The average Bonchev–Trinajstić information content (AvgIpc) is 2.31.